The minimum Gasteiger partial charge on any atom is -0.396 e. The quantitative estimate of drug-likeness (QED) is 0.573. The Morgan fingerprint density at radius 1 is 1.36 bits per heavy atom. The van der Waals surface area contributed by atoms with Crippen molar-refractivity contribution in [1.82, 2.24) is 10.6 Å². The normalized spacial score (nSPS) is 15.3. The summed E-state index contributed by atoms with van der Waals surface area (Å²) in [5.41, 5.74) is 0. The van der Waals surface area contributed by atoms with Gasteiger partial charge in [-0.1, -0.05) is 13.8 Å². The molecule has 3 N–H and O–H groups in total. The van der Waals surface area contributed by atoms with Crippen molar-refractivity contribution in [3.8, 4) is 0 Å². The van der Waals surface area contributed by atoms with Gasteiger partial charge >= 0.3 is 0 Å². The topological polar surface area (TPSA) is 61.4 Å². The lowest BCUT2D eigenvalue weighted by Gasteiger charge is -2.25. The smallest absolute Gasteiger partial charge is 0.236 e. The Labute approximate surface area is 86.1 Å². The molecule has 0 saturated heterocycles. The number of aliphatic hydroxyl groups excluding tert-OH is 1. The lowest BCUT2D eigenvalue weighted by atomic mass is 10.0. The van der Waals surface area contributed by atoms with Crippen LogP contribution in [0.1, 0.15) is 27.2 Å². The molecule has 1 amide bonds. The third-order valence-electron chi connectivity index (χ3n) is 2.35. The van der Waals surface area contributed by atoms with Crippen molar-refractivity contribution >= 4 is 5.91 Å². The zero-order valence-electron chi connectivity index (χ0n) is 9.50. The van der Waals surface area contributed by atoms with Gasteiger partial charge in [0.1, 0.15) is 0 Å². The second-order valence-electron chi connectivity index (χ2n) is 3.87. The van der Waals surface area contributed by atoms with Crippen molar-refractivity contribution in [2.75, 3.05) is 13.7 Å². The van der Waals surface area contributed by atoms with E-state index in [1.54, 1.807) is 7.05 Å². The summed E-state index contributed by atoms with van der Waals surface area (Å²) in [4.78, 5) is 11.2. The summed E-state index contributed by atoms with van der Waals surface area (Å²) in [7, 11) is 1.62. The predicted octanol–water partition coefficient (Wildman–Crippen LogP) is 0.118. The fourth-order valence-corrected chi connectivity index (χ4v) is 1.36. The molecule has 0 aliphatic rings. The number of hydrogen-bond acceptors (Lipinski definition) is 3. The number of rotatable bonds is 6. The first-order chi connectivity index (χ1) is 6.52. The van der Waals surface area contributed by atoms with E-state index in [1.165, 1.54) is 0 Å². The van der Waals surface area contributed by atoms with Crippen LogP contribution in [0.15, 0.2) is 0 Å². The zero-order valence-corrected chi connectivity index (χ0v) is 9.50. The zero-order chi connectivity index (χ0) is 11.1. The minimum atomic E-state index is -0.209. The Morgan fingerprint density at radius 2 is 1.93 bits per heavy atom. The van der Waals surface area contributed by atoms with Gasteiger partial charge in [-0.3, -0.25) is 4.79 Å². The molecular formula is C10H22N2O2. The van der Waals surface area contributed by atoms with Crippen LogP contribution in [0.5, 0.6) is 0 Å². The highest BCUT2D eigenvalue weighted by molar-refractivity contribution is 5.80. The molecule has 0 heterocycles. The standard InChI is InChI=1S/C10H22N2O2/c1-7(2)9(5-6-13)12-8(3)10(14)11-4/h7-9,12-13H,5-6H2,1-4H3,(H,11,14). The maximum absolute atomic E-state index is 11.2. The second kappa shape index (κ2) is 6.79. The molecule has 0 aromatic rings. The van der Waals surface area contributed by atoms with Gasteiger partial charge < -0.3 is 15.7 Å². The Morgan fingerprint density at radius 3 is 2.29 bits per heavy atom. The Kier molecular flexibility index (Phi) is 6.49. The van der Waals surface area contributed by atoms with Crippen molar-refractivity contribution in [3.63, 3.8) is 0 Å². The van der Waals surface area contributed by atoms with Crippen LogP contribution in [0.3, 0.4) is 0 Å². The van der Waals surface area contributed by atoms with Crippen molar-refractivity contribution in [3.05, 3.63) is 0 Å². The summed E-state index contributed by atoms with van der Waals surface area (Å²) in [5.74, 6) is 0.392. The van der Waals surface area contributed by atoms with Crippen molar-refractivity contribution in [2.45, 2.75) is 39.3 Å². The van der Waals surface area contributed by atoms with E-state index in [2.05, 4.69) is 24.5 Å². The van der Waals surface area contributed by atoms with Crippen LogP contribution < -0.4 is 10.6 Å². The highest BCUT2D eigenvalue weighted by Gasteiger charge is 2.18. The summed E-state index contributed by atoms with van der Waals surface area (Å²) in [6, 6.07) is -0.0220. The highest BCUT2D eigenvalue weighted by Crippen LogP contribution is 2.06. The van der Waals surface area contributed by atoms with Crippen LogP contribution in [0.25, 0.3) is 0 Å². The average Bonchev–Trinajstić information content (AvgIpc) is 2.15. The van der Waals surface area contributed by atoms with Gasteiger partial charge in [-0.05, 0) is 19.3 Å². The molecule has 14 heavy (non-hydrogen) atoms. The number of carbonyl (C=O) groups is 1. The van der Waals surface area contributed by atoms with E-state index in [0.29, 0.717) is 12.3 Å². The second-order valence-corrected chi connectivity index (χ2v) is 3.87. The van der Waals surface area contributed by atoms with Gasteiger partial charge in [0.25, 0.3) is 0 Å². The lowest BCUT2D eigenvalue weighted by molar-refractivity contribution is -0.122. The molecule has 0 saturated carbocycles. The summed E-state index contributed by atoms with van der Waals surface area (Å²) < 4.78 is 0. The predicted molar refractivity (Wildman–Crippen MR) is 57.0 cm³/mol. The molecular weight excluding hydrogens is 180 g/mol. The van der Waals surface area contributed by atoms with Gasteiger partial charge in [0.15, 0.2) is 0 Å². The van der Waals surface area contributed by atoms with E-state index in [4.69, 9.17) is 5.11 Å². The van der Waals surface area contributed by atoms with Crippen LogP contribution in [-0.4, -0.2) is 36.8 Å². The molecule has 84 valence electrons. The lowest BCUT2D eigenvalue weighted by Crippen LogP contribution is -2.47. The Bertz CT molecular complexity index is 172. The van der Waals surface area contributed by atoms with Crippen LogP contribution >= 0.6 is 0 Å². The third kappa shape index (κ3) is 4.58. The average molecular weight is 202 g/mol. The Balaban J connectivity index is 4.08. The maximum Gasteiger partial charge on any atom is 0.236 e. The highest BCUT2D eigenvalue weighted by atomic mass is 16.3. The molecule has 0 fully saturated rings. The molecule has 0 radical (unpaired) electrons. The van der Waals surface area contributed by atoms with E-state index in [9.17, 15) is 4.79 Å². The fraction of sp³-hybridized carbons (Fsp3) is 0.900. The largest absolute Gasteiger partial charge is 0.396 e. The van der Waals surface area contributed by atoms with Crippen LogP contribution in [0, 0.1) is 5.92 Å². The van der Waals surface area contributed by atoms with E-state index in [-0.39, 0.29) is 24.6 Å². The van der Waals surface area contributed by atoms with E-state index >= 15 is 0 Å². The molecule has 0 aliphatic carbocycles. The maximum atomic E-state index is 11.2. The number of hydrogen-bond donors (Lipinski definition) is 3. The van der Waals surface area contributed by atoms with Gasteiger partial charge in [0.05, 0.1) is 6.04 Å². The molecule has 0 aromatic heterocycles. The molecule has 4 nitrogen and oxygen atoms in total. The summed E-state index contributed by atoms with van der Waals surface area (Å²) >= 11 is 0. The first-order valence-corrected chi connectivity index (χ1v) is 5.11. The van der Waals surface area contributed by atoms with E-state index in [1.807, 2.05) is 6.92 Å². The number of carbonyl (C=O) groups excluding carboxylic acids is 1. The molecule has 0 aromatic carbocycles. The molecule has 0 aliphatic heterocycles. The van der Waals surface area contributed by atoms with Crippen molar-refractivity contribution in [1.29, 1.82) is 0 Å². The number of amides is 1. The first-order valence-electron chi connectivity index (χ1n) is 5.11. The summed E-state index contributed by atoms with van der Waals surface area (Å²) in [6.45, 7) is 6.12. The monoisotopic (exact) mass is 202 g/mol. The van der Waals surface area contributed by atoms with Gasteiger partial charge in [0, 0.05) is 19.7 Å². The summed E-state index contributed by atoms with van der Waals surface area (Å²) in [5, 5.41) is 14.6. The fourth-order valence-electron chi connectivity index (χ4n) is 1.36. The van der Waals surface area contributed by atoms with Gasteiger partial charge in [-0.25, -0.2) is 0 Å². The Hall–Kier alpha value is -0.610. The SMILES string of the molecule is CNC(=O)C(C)NC(CCO)C(C)C. The van der Waals surface area contributed by atoms with Crippen LogP contribution in [-0.2, 0) is 4.79 Å². The van der Waals surface area contributed by atoms with Crippen LogP contribution in [0.4, 0.5) is 0 Å². The van der Waals surface area contributed by atoms with Crippen molar-refractivity contribution in [2.24, 2.45) is 5.92 Å². The van der Waals surface area contributed by atoms with Gasteiger partial charge in [-0.15, -0.1) is 0 Å². The third-order valence-corrected chi connectivity index (χ3v) is 2.35. The molecule has 0 rings (SSSR count). The summed E-state index contributed by atoms with van der Waals surface area (Å²) in [6.07, 6.45) is 0.680. The molecule has 2 unspecified atom stereocenters. The van der Waals surface area contributed by atoms with Gasteiger partial charge in [0.2, 0.25) is 5.91 Å². The number of likely N-dealkylation sites (N-methyl/N-ethyl adjacent to an activating group) is 1. The minimum absolute atomic E-state index is 0.0198. The van der Waals surface area contributed by atoms with E-state index in [0.717, 1.165) is 0 Å². The van der Waals surface area contributed by atoms with Gasteiger partial charge in [-0.2, -0.15) is 0 Å². The number of nitrogens with one attached hydrogen (secondary N) is 2. The van der Waals surface area contributed by atoms with E-state index < -0.39 is 0 Å². The molecule has 4 heteroatoms. The molecule has 2 atom stereocenters. The van der Waals surface area contributed by atoms with Crippen LogP contribution in [0.2, 0.25) is 0 Å². The first kappa shape index (κ1) is 13.4. The number of aliphatic hydroxyl groups is 1. The van der Waals surface area contributed by atoms with Crippen molar-refractivity contribution < 1.29 is 9.90 Å². The molecule has 0 spiro atoms. The molecule has 0 bridgehead atoms.